The molecule has 1 heterocycles. The summed E-state index contributed by atoms with van der Waals surface area (Å²) in [5, 5.41) is 2.85. The van der Waals surface area contributed by atoms with Crippen LogP contribution in [0.15, 0.2) is 34.7 Å². The molecule has 0 aliphatic carbocycles. The van der Waals surface area contributed by atoms with Crippen molar-refractivity contribution in [3.63, 3.8) is 0 Å². The van der Waals surface area contributed by atoms with Crippen molar-refractivity contribution in [1.29, 1.82) is 0 Å². The number of aryl methyl sites for hydroxylation is 2. The first-order chi connectivity index (χ1) is 9.60. The van der Waals surface area contributed by atoms with Gasteiger partial charge in [-0.05, 0) is 49.6 Å². The van der Waals surface area contributed by atoms with Crippen LogP contribution in [0.1, 0.15) is 27.4 Å². The van der Waals surface area contributed by atoms with E-state index in [1.165, 1.54) is 0 Å². The molecule has 0 aliphatic rings. The number of benzene rings is 1. The van der Waals surface area contributed by atoms with E-state index >= 15 is 0 Å². The first-order valence-electron chi connectivity index (χ1n) is 6.58. The number of ether oxygens (including phenoxy) is 1. The van der Waals surface area contributed by atoms with Crippen LogP contribution >= 0.6 is 0 Å². The summed E-state index contributed by atoms with van der Waals surface area (Å²) < 4.78 is 10.5. The maximum absolute atomic E-state index is 11.9. The predicted octanol–water partition coefficient (Wildman–Crippen LogP) is 2.88. The lowest BCUT2D eigenvalue weighted by molar-refractivity contribution is 0.0925. The number of hydrogen-bond acceptors (Lipinski definition) is 3. The molecular formula is C16H19NO3. The highest BCUT2D eigenvalue weighted by Gasteiger charge is 2.11. The fraction of sp³-hybridized carbons (Fsp3) is 0.312. The summed E-state index contributed by atoms with van der Waals surface area (Å²) in [4.78, 5) is 11.9. The number of amides is 1. The van der Waals surface area contributed by atoms with Crippen LogP contribution in [0.25, 0.3) is 0 Å². The van der Waals surface area contributed by atoms with E-state index in [1.54, 1.807) is 13.2 Å². The second-order valence-electron chi connectivity index (χ2n) is 4.70. The molecule has 4 nitrogen and oxygen atoms in total. The second-order valence-corrected chi connectivity index (χ2v) is 4.70. The van der Waals surface area contributed by atoms with E-state index in [2.05, 4.69) is 5.32 Å². The molecule has 4 heteroatoms. The SMILES string of the molecule is COc1ccc(CCNC(=O)c2cc(C)c(C)o2)cc1. The fourth-order valence-corrected chi connectivity index (χ4v) is 1.88. The molecule has 2 rings (SSSR count). The summed E-state index contributed by atoms with van der Waals surface area (Å²) in [5.41, 5.74) is 2.14. The van der Waals surface area contributed by atoms with Gasteiger partial charge in [0.15, 0.2) is 5.76 Å². The van der Waals surface area contributed by atoms with Crippen molar-refractivity contribution in [3.8, 4) is 5.75 Å². The average Bonchev–Trinajstić information content (AvgIpc) is 2.79. The van der Waals surface area contributed by atoms with Gasteiger partial charge < -0.3 is 14.5 Å². The van der Waals surface area contributed by atoms with E-state index in [1.807, 2.05) is 38.1 Å². The molecule has 0 radical (unpaired) electrons. The molecule has 1 aromatic heterocycles. The van der Waals surface area contributed by atoms with Crippen molar-refractivity contribution in [3.05, 3.63) is 53.0 Å². The molecule has 1 amide bonds. The zero-order chi connectivity index (χ0) is 14.5. The number of nitrogens with one attached hydrogen (secondary N) is 1. The minimum atomic E-state index is -0.172. The van der Waals surface area contributed by atoms with Crippen LogP contribution in [0.3, 0.4) is 0 Å². The van der Waals surface area contributed by atoms with Crippen molar-refractivity contribution < 1.29 is 13.9 Å². The van der Waals surface area contributed by atoms with E-state index in [9.17, 15) is 4.79 Å². The third-order valence-electron chi connectivity index (χ3n) is 3.25. The van der Waals surface area contributed by atoms with Gasteiger partial charge >= 0.3 is 0 Å². The Bertz CT molecular complexity index is 565. The molecule has 0 bridgehead atoms. The summed E-state index contributed by atoms with van der Waals surface area (Å²) in [6.07, 6.45) is 0.772. The van der Waals surface area contributed by atoms with Crippen molar-refractivity contribution in [1.82, 2.24) is 5.32 Å². The Kier molecular flexibility index (Phi) is 4.45. The topological polar surface area (TPSA) is 51.5 Å². The summed E-state index contributed by atoms with van der Waals surface area (Å²) in [6.45, 7) is 4.35. The van der Waals surface area contributed by atoms with Crippen LogP contribution in [0.5, 0.6) is 5.75 Å². The smallest absolute Gasteiger partial charge is 0.287 e. The number of furan rings is 1. The lowest BCUT2D eigenvalue weighted by Crippen LogP contribution is -2.25. The van der Waals surface area contributed by atoms with Crippen LogP contribution in [-0.2, 0) is 6.42 Å². The Hall–Kier alpha value is -2.23. The predicted molar refractivity (Wildman–Crippen MR) is 77.2 cm³/mol. The number of methoxy groups -OCH3 is 1. The molecule has 0 fully saturated rings. The lowest BCUT2D eigenvalue weighted by Gasteiger charge is -2.05. The first-order valence-corrected chi connectivity index (χ1v) is 6.58. The van der Waals surface area contributed by atoms with Crippen LogP contribution < -0.4 is 10.1 Å². The molecule has 0 saturated carbocycles. The fourth-order valence-electron chi connectivity index (χ4n) is 1.88. The Morgan fingerprint density at radius 1 is 1.25 bits per heavy atom. The Labute approximate surface area is 118 Å². The molecular weight excluding hydrogens is 254 g/mol. The molecule has 0 aliphatic heterocycles. The molecule has 0 unspecified atom stereocenters. The standard InChI is InChI=1S/C16H19NO3/c1-11-10-15(20-12(11)2)16(18)17-9-8-13-4-6-14(19-3)7-5-13/h4-7,10H,8-9H2,1-3H3,(H,17,18). The zero-order valence-electron chi connectivity index (χ0n) is 12.0. The van der Waals surface area contributed by atoms with Crippen molar-refractivity contribution in [2.45, 2.75) is 20.3 Å². The van der Waals surface area contributed by atoms with Gasteiger partial charge in [-0.1, -0.05) is 12.1 Å². The highest BCUT2D eigenvalue weighted by Crippen LogP contribution is 2.13. The van der Waals surface area contributed by atoms with Gasteiger partial charge in [0, 0.05) is 6.54 Å². The largest absolute Gasteiger partial charge is 0.497 e. The van der Waals surface area contributed by atoms with Crippen molar-refractivity contribution in [2.75, 3.05) is 13.7 Å². The monoisotopic (exact) mass is 273 g/mol. The number of carbonyl (C=O) groups excluding carboxylic acids is 1. The normalized spacial score (nSPS) is 10.3. The van der Waals surface area contributed by atoms with Gasteiger partial charge in [0.1, 0.15) is 11.5 Å². The molecule has 1 aromatic carbocycles. The summed E-state index contributed by atoms with van der Waals surface area (Å²) in [5.74, 6) is 1.81. The maximum atomic E-state index is 11.9. The second kappa shape index (κ2) is 6.28. The Balaban J connectivity index is 1.84. The van der Waals surface area contributed by atoms with Gasteiger partial charge in [0.25, 0.3) is 5.91 Å². The number of carbonyl (C=O) groups is 1. The zero-order valence-corrected chi connectivity index (χ0v) is 12.0. The minimum Gasteiger partial charge on any atom is -0.497 e. The van der Waals surface area contributed by atoms with Gasteiger partial charge in [-0.25, -0.2) is 0 Å². The van der Waals surface area contributed by atoms with Crippen molar-refractivity contribution >= 4 is 5.91 Å². The molecule has 0 saturated heterocycles. The third kappa shape index (κ3) is 3.41. The summed E-state index contributed by atoms with van der Waals surface area (Å²) >= 11 is 0. The van der Waals surface area contributed by atoms with Gasteiger partial charge in [0.2, 0.25) is 0 Å². The molecule has 0 spiro atoms. The quantitative estimate of drug-likeness (QED) is 0.911. The summed E-state index contributed by atoms with van der Waals surface area (Å²) in [6, 6.07) is 9.57. The van der Waals surface area contributed by atoms with Crippen molar-refractivity contribution in [2.24, 2.45) is 0 Å². The number of rotatable bonds is 5. The Morgan fingerprint density at radius 2 is 1.95 bits per heavy atom. The van der Waals surface area contributed by atoms with E-state index < -0.39 is 0 Å². The van der Waals surface area contributed by atoms with Gasteiger partial charge in [0.05, 0.1) is 7.11 Å². The minimum absolute atomic E-state index is 0.172. The number of hydrogen-bond donors (Lipinski definition) is 1. The molecule has 1 N–H and O–H groups in total. The van der Waals surface area contributed by atoms with E-state index in [4.69, 9.17) is 9.15 Å². The van der Waals surface area contributed by atoms with E-state index in [0.717, 1.165) is 29.1 Å². The molecule has 2 aromatic rings. The van der Waals surface area contributed by atoms with E-state index in [-0.39, 0.29) is 5.91 Å². The highest BCUT2D eigenvalue weighted by atomic mass is 16.5. The third-order valence-corrected chi connectivity index (χ3v) is 3.25. The average molecular weight is 273 g/mol. The molecule has 106 valence electrons. The maximum Gasteiger partial charge on any atom is 0.287 e. The molecule has 20 heavy (non-hydrogen) atoms. The van der Waals surface area contributed by atoms with Gasteiger partial charge in [-0.3, -0.25) is 4.79 Å². The Morgan fingerprint density at radius 3 is 2.50 bits per heavy atom. The van der Waals surface area contributed by atoms with Gasteiger partial charge in [-0.15, -0.1) is 0 Å². The lowest BCUT2D eigenvalue weighted by atomic mass is 10.1. The molecule has 0 atom stereocenters. The van der Waals surface area contributed by atoms with Gasteiger partial charge in [-0.2, -0.15) is 0 Å². The first kappa shape index (κ1) is 14.2. The van der Waals surface area contributed by atoms with Crippen LogP contribution in [0.2, 0.25) is 0 Å². The van der Waals surface area contributed by atoms with Crippen LogP contribution in [0, 0.1) is 13.8 Å². The van der Waals surface area contributed by atoms with E-state index in [0.29, 0.717) is 12.3 Å². The van der Waals surface area contributed by atoms with Crippen LogP contribution in [0.4, 0.5) is 0 Å². The highest BCUT2D eigenvalue weighted by molar-refractivity contribution is 5.91. The summed E-state index contributed by atoms with van der Waals surface area (Å²) in [7, 11) is 1.64. The van der Waals surface area contributed by atoms with Crippen LogP contribution in [-0.4, -0.2) is 19.6 Å².